The lowest BCUT2D eigenvalue weighted by atomic mass is 10.3. The summed E-state index contributed by atoms with van der Waals surface area (Å²) in [5.74, 6) is -0.671. The fourth-order valence-electron chi connectivity index (χ4n) is 2.85. The molecule has 1 atom stereocenters. The Hall–Kier alpha value is -2.58. The number of amides is 1. The van der Waals surface area contributed by atoms with Gasteiger partial charge in [0.05, 0.1) is 9.82 Å². The van der Waals surface area contributed by atoms with E-state index in [1.807, 2.05) is 0 Å². The molecule has 162 valence electrons. The number of carbonyl (C=O) groups excluding carboxylic acids is 1. The Labute approximate surface area is 173 Å². The first-order chi connectivity index (χ1) is 14.0. The predicted molar refractivity (Wildman–Crippen MR) is 104 cm³/mol. The van der Waals surface area contributed by atoms with E-state index in [9.17, 15) is 32.3 Å². The molecular formula is C16H16F3N5O4S2. The van der Waals surface area contributed by atoms with E-state index in [1.165, 1.54) is 28.6 Å². The van der Waals surface area contributed by atoms with Crippen molar-refractivity contribution in [2.24, 2.45) is 4.36 Å². The molecule has 1 unspecified atom stereocenters. The van der Waals surface area contributed by atoms with Gasteiger partial charge in [-0.1, -0.05) is 0 Å². The Balaban J connectivity index is 1.82. The maximum Gasteiger partial charge on any atom is 0.434 e. The topological polar surface area (TPSA) is 109 Å². The number of anilines is 1. The van der Waals surface area contributed by atoms with E-state index in [2.05, 4.69) is 9.35 Å². The summed E-state index contributed by atoms with van der Waals surface area (Å²) in [5.41, 5.74) is -1.16. The Morgan fingerprint density at radius 2 is 1.83 bits per heavy atom. The van der Waals surface area contributed by atoms with Crippen LogP contribution in [0.3, 0.4) is 0 Å². The highest BCUT2D eigenvalue weighted by atomic mass is 32.2. The van der Waals surface area contributed by atoms with Gasteiger partial charge in [0.1, 0.15) is 9.92 Å². The number of thiazole rings is 1. The number of rotatable bonds is 4. The summed E-state index contributed by atoms with van der Waals surface area (Å²) in [6.07, 6.45) is -4.53. The second-order valence-electron chi connectivity index (χ2n) is 6.29. The van der Waals surface area contributed by atoms with Crippen molar-refractivity contribution in [1.29, 1.82) is 0 Å². The van der Waals surface area contributed by atoms with Gasteiger partial charge in [-0.2, -0.15) is 13.2 Å². The fraction of sp³-hybridized carbons (Fsp3) is 0.375. The summed E-state index contributed by atoms with van der Waals surface area (Å²) >= 11 is 0.867. The number of alkyl halides is 3. The molecule has 2 heterocycles. The molecule has 1 aromatic carbocycles. The highest BCUT2D eigenvalue weighted by molar-refractivity contribution is 7.91. The summed E-state index contributed by atoms with van der Waals surface area (Å²) in [5, 5.41) is 12.0. The highest BCUT2D eigenvalue weighted by Gasteiger charge is 2.35. The summed E-state index contributed by atoms with van der Waals surface area (Å²) in [4.78, 5) is 27.3. The van der Waals surface area contributed by atoms with Crippen LogP contribution in [0.5, 0.6) is 0 Å². The monoisotopic (exact) mass is 463 g/mol. The van der Waals surface area contributed by atoms with Crippen molar-refractivity contribution in [1.82, 2.24) is 9.29 Å². The minimum Gasteiger partial charge on any atom is -0.345 e. The van der Waals surface area contributed by atoms with Crippen molar-refractivity contribution < 1.29 is 27.1 Å². The number of nitro groups is 1. The molecule has 1 fully saturated rings. The first-order valence-electron chi connectivity index (χ1n) is 8.55. The number of piperazine rings is 1. The van der Waals surface area contributed by atoms with Gasteiger partial charge in [-0.25, -0.2) is 13.5 Å². The summed E-state index contributed by atoms with van der Waals surface area (Å²) in [6.45, 7) is 1.89. The van der Waals surface area contributed by atoms with Gasteiger partial charge in [0.15, 0.2) is 10.8 Å². The average Bonchev–Trinajstić information content (AvgIpc) is 3.18. The fourth-order valence-corrected chi connectivity index (χ4v) is 5.75. The first-order valence-corrected chi connectivity index (χ1v) is 10.9. The van der Waals surface area contributed by atoms with Crippen LogP contribution in [-0.4, -0.2) is 50.5 Å². The quantitative estimate of drug-likeness (QED) is 0.509. The van der Waals surface area contributed by atoms with E-state index in [0.29, 0.717) is 0 Å². The summed E-state index contributed by atoms with van der Waals surface area (Å²) in [7, 11) is -3.37. The largest absolute Gasteiger partial charge is 0.434 e. The molecule has 1 aliphatic rings. The molecule has 3 rings (SSSR count). The lowest BCUT2D eigenvalue weighted by molar-refractivity contribution is -0.384. The highest BCUT2D eigenvalue weighted by Crippen LogP contribution is 2.33. The molecule has 0 aliphatic carbocycles. The van der Waals surface area contributed by atoms with Gasteiger partial charge in [-0.05, 0) is 12.1 Å². The zero-order chi connectivity index (χ0) is 22.1. The van der Waals surface area contributed by atoms with E-state index >= 15 is 0 Å². The molecule has 30 heavy (non-hydrogen) atoms. The Morgan fingerprint density at radius 3 is 2.30 bits per heavy atom. The number of hydrogen-bond donors (Lipinski definition) is 0. The molecule has 9 nitrogen and oxygen atoms in total. The number of hydrogen-bond acceptors (Lipinski definition) is 7. The van der Waals surface area contributed by atoms with Crippen LogP contribution in [0, 0.1) is 10.1 Å². The number of carbonyl (C=O) groups is 1. The van der Waals surface area contributed by atoms with Crippen molar-refractivity contribution in [2.75, 3.05) is 31.1 Å². The number of nitrogens with zero attached hydrogens (tertiary/aromatic N) is 5. The zero-order valence-corrected chi connectivity index (χ0v) is 17.2. The normalized spacial score (nSPS) is 17.4. The van der Waals surface area contributed by atoms with Gasteiger partial charge < -0.3 is 4.90 Å². The molecule has 0 spiro atoms. The van der Waals surface area contributed by atoms with E-state index < -0.39 is 32.6 Å². The van der Waals surface area contributed by atoms with Gasteiger partial charge in [-0.15, -0.1) is 15.7 Å². The third-order valence-corrected chi connectivity index (χ3v) is 7.61. The third kappa shape index (κ3) is 4.60. The molecule has 0 radical (unpaired) electrons. The van der Waals surface area contributed by atoms with Gasteiger partial charge in [0.2, 0.25) is 0 Å². The standard InChI is InChI=1S/C16H16F3N5O4S2/c1-11(25)21-30(28,13-4-2-12(3-5-13)24(26)27)23-8-6-22(7-9-23)15-20-14(10-29-15)16(17,18)19/h2-5,10H,6-9H2,1H3. The third-order valence-electron chi connectivity index (χ3n) is 4.25. The van der Waals surface area contributed by atoms with Crippen LogP contribution in [0.2, 0.25) is 0 Å². The Kier molecular flexibility index (Phi) is 6.10. The smallest absolute Gasteiger partial charge is 0.345 e. The van der Waals surface area contributed by atoms with Crippen LogP contribution in [0.25, 0.3) is 0 Å². The SMILES string of the molecule is CC(=O)N=S(=O)(c1ccc([N+](=O)[O-])cc1)N1CCN(c2nc(C(F)(F)F)cs2)CC1. The number of non-ortho nitro benzene ring substituents is 1. The van der Waals surface area contributed by atoms with Crippen LogP contribution < -0.4 is 4.90 Å². The number of aromatic nitrogens is 1. The average molecular weight is 463 g/mol. The van der Waals surface area contributed by atoms with Crippen molar-refractivity contribution in [2.45, 2.75) is 18.0 Å². The van der Waals surface area contributed by atoms with Crippen LogP contribution in [-0.2, 0) is 20.9 Å². The maximum atomic E-state index is 13.6. The molecule has 0 N–H and O–H groups in total. The molecular weight excluding hydrogens is 447 g/mol. The van der Waals surface area contributed by atoms with Crippen molar-refractivity contribution in [3.63, 3.8) is 0 Å². The molecule has 0 saturated carbocycles. The lowest BCUT2D eigenvalue weighted by Gasteiger charge is -2.35. The first kappa shape index (κ1) is 22.1. The molecule has 1 aliphatic heterocycles. The van der Waals surface area contributed by atoms with Crippen LogP contribution in [0.4, 0.5) is 24.0 Å². The predicted octanol–water partition coefficient (Wildman–Crippen LogP) is 3.18. The summed E-state index contributed by atoms with van der Waals surface area (Å²) < 4.78 is 57.1. The van der Waals surface area contributed by atoms with E-state index in [4.69, 9.17) is 0 Å². The van der Waals surface area contributed by atoms with Gasteiger partial charge in [0.25, 0.3) is 11.6 Å². The van der Waals surface area contributed by atoms with Crippen molar-refractivity contribution >= 4 is 38.0 Å². The van der Waals surface area contributed by atoms with Crippen molar-refractivity contribution in [3.8, 4) is 0 Å². The number of halogens is 3. The molecule has 14 heteroatoms. The molecule has 1 saturated heterocycles. The van der Waals surface area contributed by atoms with Gasteiger partial charge >= 0.3 is 6.18 Å². The summed E-state index contributed by atoms with van der Waals surface area (Å²) in [6, 6.07) is 4.93. The van der Waals surface area contributed by atoms with Crippen molar-refractivity contribution in [3.05, 3.63) is 45.5 Å². The second kappa shape index (κ2) is 8.28. The second-order valence-corrected chi connectivity index (χ2v) is 9.29. The number of benzene rings is 1. The molecule has 1 aromatic heterocycles. The van der Waals surface area contributed by atoms with E-state index in [0.717, 1.165) is 23.6 Å². The molecule has 1 amide bonds. The van der Waals surface area contributed by atoms with E-state index in [1.54, 1.807) is 4.90 Å². The van der Waals surface area contributed by atoms with Gasteiger partial charge in [0, 0.05) is 50.6 Å². The van der Waals surface area contributed by atoms with Gasteiger partial charge in [-0.3, -0.25) is 14.9 Å². The van der Waals surface area contributed by atoms with Crippen LogP contribution in [0.15, 0.2) is 38.9 Å². The minimum atomic E-state index is -4.53. The maximum absolute atomic E-state index is 13.6. The Morgan fingerprint density at radius 1 is 1.23 bits per heavy atom. The van der Waals surface area contributed by atoms with E-state index in [-0.39, 0.29) is 41.9 Å². The van der Waals surface area contributed by atoms with Crippen LogP contribution in [0.1, 0.15) is 12.6 Å². The number of nitro benzene ring substituents is 1. The lowest BCUT2D eigenvalue weighted by Crippen LogP contribution is -2.48. The Bertz CT molecular complexity index is 1070. The minimum absolute atomic E-state index is 0.144. The van der Waals surface area contributed by atoms with Crippen LogP contribution >= 0.6 is 11.3 Å². The molecule has 2 aromatic rings. The zero-order valence-electron chi connectivity index (χ0n) is 15.5. The molecule has 0 bridgehead atoms.